The number of sulfone groups is 1. The van der Waals surface area contributed by atoms with Crippen LogP contribution in [-0.2, 0) is 21.2 Å². The van der Waals surface area contributed by atoms with Gasteiger partial charge in [-0.2, -0.15) is 11.3 Å². The fourth-order valence-electron chi connectivity index (χ4n) is 1.23. The van der Waals surface area contributed by atoms with Crippen molar-refractivity contribution in [1.82, 2.24) is 4.90 Å². The minimum atomic E-state index is -3.31. The van der Waals surface area contributed by atoms with E-state index in [0.29, 0.717) is 6.54 Å². The summed E-state index contributed by atoms with van der Waals surface area (Å²) in [6.07, 6.45) is 1.08. The van der Waals surface area contributed by atoms with Gasteiger partial charge < -0.3 is 4.90 Å². The average molecular weight is 261 g/mol. The number of hydrogen-bond donors (Lipinski definition) is 0. The summed E-state index contributed by atoms with van der Waals surface area (Å²) in [4.78, 5) is 13.2. The summed E-state index contributed by atoms with van der Waals surface area (Å²) in [5.74, 6) is -0.367. The van der Waals surface area contributed by atoms with Gasteiger partial charge in [-0.3, -0.25) is 4.79 Å². The highest BCUT2D eigenvalue weighted by molar-refractivity contribution is 7.92. The van der Waals surface area contributed by atoms with Gasteiger partial charge in [-0.15, -0.1) is 0 Å². The minimum Gasteiger partial charge on any atom is -0.340 e. The van der Waals surface area contributed by atoms with Crippen LogP contribution in [0.3, 0.4) is 0 Å². The van der Waals surface area contributed by atoms with Crippen molar-refractivity contribution in [2.24, 2.45) is 0 Å². The molecule has 1 amide bonds. The average Bonchev–Trinajstić information content (AvgIpc) is 2.66. The molecular weight excluding hydrogens is 246 g/mol. The minimum absolute atomic E-state index is 0.367. The van der Waals surface area contributed by atoms with Crippen molar-refractivity contribution >= 4 is 27.1 Å². The van der Waals surface area contributed by atoms with E-state index < -0.39 is 15.1 Å². The van der Waals surface area contributed by atoms with Crippen molar-refractivity contribution in [3.05, 3.63) is 22.4 Å². The number of hydrogen-bond acceptors (Lipinski definition) is 4. The summed E-state index contributed by atoms with van der Waals surface area (Å²) in [5, 5.41) is 2.89. The molecule has 0 unspecified atom stereocenters. The Bertz CT molecular complexity index is 450. The molecule has 90 valence electrons. The Labute approximate surface area is 99.8 Å². The maximum absolute atomic E-state index is 11.8. The van der Waals surface area contributed by atoms with Gasteiger partial charge in [0.1, 0.15) is 5.25 Å². The van der Waals surface area contributed by atoms with E-state index in [2.05, 4.69) is 0 Å². The third-order valence-corrected chi connectivity index (χ3v) is 4.58. The Morgan fingerprint density at radius 1 is 1.56 bits per heavy atom. The van der Waals surface area contributed by atoms with Crippen molar-refractivity contribution in [1.29, 1.82) is 0 Å². The molecule has 0 saturated heterocycles. The molecular formula is C10H15NO3S2. The second-order valence-corrected chi connectivity index (χ2v) is 6.94. The van der Waals surface area contributed by atoms with E-state index >= 15 is 0 Å². The van der Waals surface area contributed by atoms with Crippen LogP contribution in [0.4, 0.5) is 0 Å². The molecule has 1 aromatic rings. The first-order chi connectivity index (χ1) is 7.32. The van der Waals surface area contributed by atoms with Crippen LogP contribution in [0.5, 0.6) is 0 Å². The Morgan fingerprint density at radius 2 is 2.19 bits per heavy atom. The highest BCUT2D eigenvalue weighted by Gasteiger charge is 2.26. The maximum atomic E-state index is 11.8. The molecule has 0 aliphatic rings. The lowest BCUT2D eigenvalue weighted by molar-refractivity contribution is -0.129. The standard InChI is InChI=1S/C10H15NO3S2/c1-8(16(3,13)14)10(12)11(2)6-9-4-5-15-7-9/h4-5,7-8H,6H2,1-3H3/t8-/m1/s1. The lowest BCUT2D eigenvalue weighted by Crippen LogP contribution is -2.38. The highest BCUT2D eigenvalue weighted by Crippen LogP contribution is 2.10. The first kappa shape index (κ1) is 13.2. The summed E-state index contributed by atoms with van der Waals surface area (Å²) >= 11 is 1.55. The Hall–Kier alpha value is -0.880. The Morgan fingerprint density at radius 3 is 2.62 bits per heavy atom. The number of nitrogens with zero attached hydrogens (tertiary/aromatic N) is 1. The highest BCUT2D eigenvalue weighted by atomic mass is 32.2. The first-order valence-electron chi connectivity index (χ1n) is 4.77. The van der Waals surface area contributed by atoms with Crippen LogP contribution in [0, 0.1) is 0 Å². The number of rotatable bonds is 4. The third kappa shape index (κ3) is 3.31. The molecule has 0 aromatic carbocycles. The number of carbonyl (C=O) groups is 1. The van der Waals surface area contributed by atoms with E-state index in [0.717, 1.165) is 11.8 Å². The largest absolute Gasteiger partial charge is 0.340 e. The quantitative estimate of drug-likeness (QED) is 0.816. The third-order valence-electron chi connectivity index (χ3n) is 2.37. The van der Waals surface area contributed by atoms with E-state index in [-0.39, 0.29) is 5.91 Å². The smallest absolute Gasteiger partial charge is 0.240 e. The Kier molecular flexibility index (Phi) is 4.09. The monoisotopic (exact) mass is 261 g/mol. The normalized spacial score (nSPS) is 13.4. The van der Waals surface area contributed by atoms with Crippen LogP contribution in [0.25, 0.3) is 0 Å². The predicted molar refractivity (Wildman–Crippen MR) is 65.1 cm³/mol. The van der Waals surface area contributed by atoms with Gasteiger partial charge in [0.2, 0.25) is 5.91 Å². The zero-order valence-corrected chi connectivity index (χ0v) is 11.1. The molecule has 0 spiro atoms. The molecule has 0 aliphatic carbocycles. The van der Waals surface area contributed by atoms with Crippen LogP contribution >= 0.6 is 11.3 Å². The van der Waals surface area contributed by atoms with Crippen molar-refractivity contribution in [2.45, 2.75) is 18.7 Å². The van der Waals surface area contributed by atoms with Crippen LogP contribution in [0.2, 0.25) is 0 Å². The molecule has 1 rings (SSSR count). The first-order valence-corrected chi connectivity index (χ1v) is 7.67. The van der Waals surface area contributed by atoms with Crippen LogP contribution < -0.4 is 0 Å². The number of carbonyl (C=O) groups excluding carboxylic acids is 1. The summed E-state index contributed by atoms with van der Waals surface area (Å²) in [5.41, 5.74) is 1.02. The fourth-order valence-corrected chi connectivity index (χ4v) is 2.43. The molecule has 0 bridgehead atoms. The van der Waals surface area contributed by atoms with Crippen LogP contribution in [0.15, 0.2) is 16.8 Å². The van der Waals surface area contributed by atoms with E-state index in [1.165, 1.54) is 11.8 Å². The van der Waals surface area contributed by atoms with Crippen molar-refractivity contribution in [3.8, 4) is 0 Å². The lowest BCUT2D eigenvalue weighted by atomic mass is 10.3. The van der Waals surface area contributed by atoms with E-state index in [1.54, 1.807) is 18.4 Å². The van der Waals surface area contributed by atoms with Gasteiger partial charge in [-0.25, -0.2) is 8.42 Å². The molecule has 0 N–H and O–H groups in total. The maximum Gasteiger partial charge on any atom is 0.240 e. The Balaban J connectivity index is 2.68. The van der Waals surface area contributed by atoms with Gasteiger partial charge in [-0.05, 0) is 29.3 Å². The predicted octanol–water partition coefficient (Wildman–Crippen LogP) is 1.14. The van der Waals surface area contributed by atoms with Crippen molar-refractivity contribution in [2.75, 3.05) is 13.3 Å². The summed E-state index contributed by atoms with van der Waals surface area (Å²) in [6, 6.07) is 1.92. The van der Waals surface area contributed by atoms with Crippen molar-refractivity contribution < 1.29 is 13.2 Å². The van der Waals surface area contributed by atoms with Gasteiger partial charge in [0, 0.05) is 19.8 Å². The molecule has 0 aliphatic heterocycles. The fraction of sp³-hybridized carbons (Fsp3) is 0.500. The van der Waals surface area contributed by atoms with Gasteiger partial charge >= 0.3 is 0 Å². The molecule has 0 saturated carbocycles. The lowest BCUT2D eigenvalue weighted by Gasteiger charge is -2.19. The van der Waals surface area contributed by atoms with Crippen LogP contribution in [0.1, 0.15) is 12.5 Å². The van der Waals surface area contributed by atoms with E-state index in [9.17, 15) is 13.2 Å². The molecule has 0 radical (unpaired) electrons. The summed E-state index contributed by atoms with van der Waals surface area (Å²) in [6.45, 7) is 1.87. The van der Waals surface area contributed by atoms with E-state index in [1.807, 2.05) is 16.8 Å². The zero-order chi connectivity index (χ0) is 12.3. The summed E-state index contributed by atoms with van der Waals surface area (Å²) in [7, 11) is -1.70. The number of amides is 1. The van der Waals surface area contributed by atoms with Gasteiger partial charge in [-0.1, -0.05) is 0 Å². The molecule has 1 heterocycles. The van der Waals surface area contributed by atoms with Gasteiger partial charge in [0.15, 0.2) is 9.84 Å². The molecule has 16 heavy (non-hydrogen) atoms. The summed E-state index contributed by atoms with van der Waals surface area (Å²) < 4.78 is 22.5. The molecule has 1 aromatic heterocycles. The van der Waals surface area contributed by atoms with Crippen molar-refractivity contribution in [3.63, 3.8) is 0 Å². The van der Waals surface area contributed by atoms with Gasteiger partial charge in [0.05, 0.1) is 0 Å². The SMILES string of the molecule is C[C@H](C(=O)N(C)Cc1ccsc1)S(C)(=O)=O. The molecule has 4 nitrogen and oxygen atoms in total. The molecule has 0 fully saturated rings. The number of thiophene rings is 1. The molecule has 1 atom stereocenters. The topological polar surface area (TPSA) is 54.5 Å². The second-order valence-electron chi connectivity index (χ2n) is 3.80. The zero-order valence-electron chi connectivity index (χ0n) is 9.50. The van der Waals surface area contributed by atoms with Gasteiger partial charge in [0.25, 0.3) is 0 Å². The van der Waals surface area contributed by atoms with Crippen LogP contribution in [-0.4, -0.2) is 37.8 Å². The molecule has 6 heteroatoms. The second kappa shape index (κ2) is 4.97. The van der Waals surface area contributed by atoms with E-state index in [4.69, 9.17) is 0 Å².